The molecule has 0 aromatic heterocycles. The molecule has 1 rings (SSSR count). The second kappa shape index (κ2) is 5.03. The minimum Gasteiger partial charge on any atom is -0.358 e. The van der Waals surface area contributed by atoms with Crippen molar-refractivity contribution in [3.63, 3.8) is 0 Å². The van der Waals surface area contributed by atoms with Crippen LogP contribution >= 0.6 is 0 Å². The molecule has 1 unspecified atom stereocenters. The van der Waals surface area contributed by atoms with Gasteiger partial charge < -0.3 is 19.6 Å². The van der Waals surface area contributed by atoms with Crippen molar-refractivity contribution in [2.45, 2.75) is 45.2 Å². The predicted molar refractivity (Wildman–Crippen MR) is 66.7 cm³/mol. The number of nitro groups is 1. The van der Waals surface area contributed by atoms with Crippen LogP contribution in [0.4, 0.5) is 0 Å². The normalized spacial score (nSPS) is 26.7. The first-order valence-electron chi connectivity index (χ1n) is 5.62. The number of nitrogens with two attached hydrogens (primary N) is 1. The van der Waals surface area contributed by atoms with Gasteiger partial charge in [0.05, 0.1) is 12.1 Å². The van der Waals surface area contributed by atoms with Crippen molar-refractivity contribution in [3.05, 3.63) is 22.0 Å². The Morgan fingerprint density at radius 2 is 2.11 bits per heavy atom. The standard InChI is InChI=1S/C11H19N3O4/c1-10(2)8(17-11(3,4)18-10)7-13-6-5-9(12)14(15)16/h5-6,8H,7,12H2,1-4H3/b9-5+,13-6?. The van der Waals surface area contributed by atoms with Crippen LogP contribution in [-0.4, -0.2) is 35.2 Å². The van der Waals surface area contributed by atoms with Gasteiger partial charge in [-0.2, -0.15) is 0 Å². The highest BCUT2D eigenvalue weighted by Gasteiger charge is 2.46. The molecule has 0 spiro atoms. The summed E-state index contributed by atoms with van der Waals surface area (Å²) >= 11 is 0. The summed E-state index contributed by atoms with van der Waals surface area (Å²) in [5.41, 5.74) is 4.68. The summed E-state index contributed by atoms with van der Waals surface area (Å²) < 4.78 is 11.4. The lowest BCUT2D eigenvalue weighted by atomic mass is 10.0. The van der Waals surface area contributed by atoms with E-state index in [0.29, 0.717) is 6.54 Å². The van der Waals surface area contributed by atoms with Gasteiger partial charge in [-0.25, -0.2) is 0 Å². The van der Waals surface area contributed by atoms with Crippen LogP contribution in [0.15, 0.2) is 16.9 Å². The summed E-state index contributed by atoms with van der Waals surface area (Å²) in [6.07, 6.45) is 2.26. The second-order valence-corrected chi connectivity index (χ2v) is 5.07. The van der Waals surface area contributed by atoms with Crippen molar-refractivity contribution in [1.29, 1.82) is 0 Å². The molecule has 7 heteroatoms. The molecule has 102 valence electrons. The third-order valence-electron chi connectivity index (χ3n) is 2.54. The highest BCUT2D eigenvalue weighted by Crippen LogP contribution is 2.35. The van der Waals surface area contributed by atoms with Gasteiger partial charge in [-0.05, 0) is 32.6 Å². The average molecular weight is 257 g/mol. The Hall–Kier alpha value is -1.47. The van der Waals surface area contributed by atoms with Crippen molar-refractivity contribution < 1.29 is 14.4 Å². The quantitative estimate of drug-likeness (QED) is 0.461. The van der Waals surface area contributed by atoms with Crippen molar-refractivity contribution in [2.75, 3.05) is 6.54 Å². The molecule has 7 nitrogen and oxygen atoms in total. The van der Waals surface area contributed by atoms with Crippen LogP contribution in [0.3, 0.4) is 0 Å². The van der Waals surface area contributed by atoms with E-state index in [1.54, 1.807) is 0 Å². The van der Waals surface area contributed by atoms with Gasteiger partial charge in [0.2, 0.25) is 0 Å². The van der Waals surface area contributed by atoms with Crippen LogP contribution in [0.5, 0.6) is 0 Å². The van der Waals surface area contributed by atoms with E-state index in [4.69, 9.17) is 15.2 Å². The number of ether oxygens (including phenoxy) is 2. The van der Waals surface area contributed by atoms with Gasteiger partial charge in [0.1, 0.15) is 6.10 Å². The molecule has 0 aromatic rings. The molecule has 1 aliphatic rings. The maximum atomic E-state index is 10.2. The Morgan fingerprint density at radius 1 is 1.50 bits per heavy atom. The Balaban J connectivity index is 2.57. The fourth-order valence-corrected chi connectivity index (χ4v) is 1.81. The third kappa shape index (κ3) is 3.78. The van der Waals surface area contributed by atoms with E-state index in [9.17, 15) is 10.1 Å². The van der Waals surface area contributed by atoms with Crippen LogP contribution < -0.4 is 5.73 Å². The molecule has 2 N–H and O–H groups in total. The van der Waals surface area contributed by atoms with Crippen molar-refractivity contribution in [1.82, 2.24) is 0 Å². The first-order valence-corrected chi connectivity index (χ1v) is 5.62. The summed E-state index contributed by atoms with van der Waals surface area (Å²) in [6.45, 7) is 7.87. The molecule has 1 atom stereocenters. The number of hydrogen-bond acceptors (Lipinski definition) is 6. The molecule has 0 saturated carbocycles. The highest BCUT2D eigenvalue weighted by molar-refractivity contribution is 5.71. The molecule has 1 heterocycles. The van der Waals surface area contributed by atoms with Gasteiger partial charge in [-0.15, -0.1) is 0 Å². The fraction of sp³-hybridized carbons (Fsp3) is 0.727. The Labute approximate surface area is 106 Å². The molecule has 0 amide bonds. The van der Waals surface area contributed by atoms with Crippen LogP contribution in [-0.2, 0) is 9.47 Å². The zero-order valence-corrected chi connectivity index (χ0v) is 11.0. The summed E-state index contributed by atoms with van der Waals surface area (Å²) in [6, 6.07) is 0. The SMILES string of the molecule is CC1(C)OC(CN=C/C=C(\N)[N+](=O)[O-])C(C)(C)O1. The predicted octanol–water partition coefficient (Wildman–Crippen LogP) is 1.06. The molecule has 0 aromatic carbocycles. The van der Waals surface area contributed by atoms with Gasteiger partial charge in [-0.1, -0.05) is 0 Å². The smallest absolute Gasteiger partial charge is 0.315 e. The summed E-state index contributed by atoms with van der Waals surface area (Å²) in [5.74, 6) is -1.08. The first kappa shape index (κ1) is 14.6. The molecule has 0 radical (unpaired) electrons. The van der Waals surface area contributed by atoms with Crippen LogP contribution in [0, 0.1) is 10.1 Å². The maximum absolute atomic E-state index is 10.2. The van der Waals surface area contributed by atoms with Gasteiger partial charge >= 0.3 is 5.82 Å². The van der Waals surface area contributed by atoms with Crippen molar-refractivity contribution in [2.24, 2.45) is 10.7 Å². The second-order valence-electron chi connectivity index (χ2n) is 5.07. The lowest BCUT2D eigenvalue weighted by Crippen LogP contribution is -2.35. The van der Waals surface area contributed by atoms with E-state index < -0.39 is 22.1 Å². The van der Waals surface area contributed by atoms with Crippen LogP contribution in [0.2, 0.25) is 0 Å². The minimum absolute atomic E-state index is 0.200. The number of hydrogen-bond donors (Lipinski definition) is 1. The number of aliphatic imine (C=N–C) groups is 1. The van der Waals surface area contributed by atoms with E-state index in [2.05, 4.69) is 4.99 Å². The van der Waals surface area contributed by atoms with E-state index in [-0.39, 0.29) is 6.10 Å². The molecule has 1 fully saturated rings. The highest BCUT2D eigenvalue weighted by atomic mass is 16.8. The third-order valence-corrected chi connectivity index (χ3v) is 2.54. The molecule has 1 saturated heterocycles. The van der Waals surface area contributed by atoms with Gasteiger partial charge in [0, 0.05) is 12.3 Å². The summed E-state index contributed by atoms with van der Waals surface area (Å²) in [4.78, 5) is 13.6. The fourth-order valence-electron chi connectivity index (χ4n) is 1.81. The monoisotopic (exact) mass is 257 g/mol. The lowest BCUT2D eigenvalue weighted by Gasteiger charge is -2.22. The molecule has 0 aliphatic carbocycles. The van der Waals surface area contributed by atoms with Crippen LogP contribution in [0.25, 0.3) is 0 Å². The molecular formula is C11H19N3O4. The average Bonchev–Trinajstić information content (AvgIpc) is 2.40. The number of rotatable bonds is 4. The Kier molecular flexibility index (Phi) is 4.08. The molecule has 1 aliphatic heterocycles. The van der Waals surface area contributed by atoms with Gasteiger partial charge in [0.25, 0.3) is 0 Å². The van der Waals surface area contributed by atoms with Crippen molar-refractivity contribution in [3.8, 4) is 0 Å². The maximum Gasteiger partial charge on any atom is 0.315 e. The molecule has 0 bridgehead atoms. The molecular weight excluding hydrogens is 238 g/mol. The molecule has 18 heavy (non-hydrogen) atoms. The Morgan fingerprint density at radius 3 is 2.56 bits per heavy atom. The van der Waals surface area contributed by atoms with E-state index in [0.717, 1.165) is 6.08 Å². The zero-order valence-electron chi connectivity index (χ0n) is 11.0. The first-order chi connectivity index (χ1) is 8.14. The van der Waals surface area contributed by atoms with Gasteiger partial charge in [0.15, 0.2) is 5.79 Å². The largest absolute Gasteiger partial charge is 0.358 e. The lowest BCUT2D eigenvalue weighted by molar-refractivity contribution is -0.426. The Bertz CT molecular complexity index is 388. The topological polar surface area (TPSA) is 100.0 Å². The van der Waals surface area contributed by atoms with Gasteiger partial charge in [-0.3, -0.25) is 10.7 Å². The number of allylic oxidation sites excluding steroid dienone is 1. The number of nitrogens with zero attached hydrogens (tertiary/aromatic N) is 2. The summed E-state index contributed by atoms with van der Waals surface area (Å²) in [5, 5.41) is 10.2. The zero-order chi connectivity index (χ0) is 14.0. The van der Waals surface area contributed by atoms with Crippen molar-refractivity contribution >= 4 is 6.21 Å². The van der Waals surface area contributed by atoms with E-state index in [1.807, 2.05) is 27.7 Å². The van der Waals surface area contributed by atoms with Crippen LogP contribution in [0.1, 0.15) is 27.7 Å². The summed E-state index contributed by atoms with van der Waals surface area (Å²) in [7, 11) is 0. The van der Waals surface area contributed by atoms with E-state index >= 15 is 0 Å². The van der Waals surface area contributed by atoms with E-state index in [1.165, 1.54) is 6.21 Å². The minimum atomic E-state index is -0.672.